The third-order valence-electron chi connectivity index (χ3n) is 2.88. The van der Waals surface area contributed by atoms with Crippen LogP contribution >= 0.6 is 22.6 Å². The Morgan fingerprint density at radius 3 is 2.88 bits per heavy atom. The van der Waals surface area contributed by atoms with Gasteiger partial charge in [-0.2, -0.15) is 0 Å². The Morgan fingerprint density at radius 2 is 2.29 bits per heavy atom. The van der Waals surface area contributed by atoms with Crippen molar-refractivity contribution in [3.8, 4) is 0 Å². The van der Waals surface area contributed by atoms with Crippen LogP contribution in [0.4, 0.5) is 11.4 Å². The SMILES string of the molecule is O=[N+]([O-])c1ccc(N2CCCC(O)C2)c(I)c1. The predicted molar refractivity (Wildman–Crippen MR) is 73.3 cm³/mol. The molecule has 1 fully saturated rings. The molecule has 1 heterocycles. The number of nitro benzene ring substituents is 1. The van der Waals surface area contributed by atoms with Gasteiger partial charge >= 0.3 is 0 Å². The topological polar surface area (TPSA) is 66.6 Å². The first kappa shape index (κ1) is 12.6. The third-order valence-corrected chi connectivity index (χ3v) is 3.74. The highest BCUT2D eigenvalue weighted by atomic mass is 127. The van der Waals surface area contributed by atoms with E-state index in [1.807, 2.05) is 0 Å². The van der Waals surface area contributed by atoms with Crippen LogP contribution in [0, 0.1) is 13.7 Å². The summed E-state index contributed by atoms with van der Waals surface area (Å²) < 4.78 is 0.853. The fourth-order valence-corrected chi connectivity index (χ4v) is 2.88. The lowest BCUT2D eigenvalue weighted by atomic mass is 10.1. The second kappa shape index (κ2) is 5.18. The van der Waals surface area contributed by atoms with Crippen LogP contribution in [-0.4, -0.2) is 29.2 Å². The van der Waals surface area contributed by atoms with Crippen molar-refractivity contribution in [2.75, 3.05) is 18.0 Å². The summed E-state index contributed by atoms with van der Waals surface area (Å²) in [5.74, 6) is 0. The summed E-state index contributed by atoms with van der Waals surface area (Å²) in [6, 6.07) is 4.84. The van der Waals surface area contributed by atoms with Crippen LogP contribution in [0.25, 0.3) is 0 Å². The van der Waals surface area contributed by atoms with E-state index in [1.54, 1.807) is 12.1 Å². The summed E-state index contributed by atoms with van der Waals surface area (Å²) in [5.41, 5.74) is 1.07. The summed E-state index contributed by atoms with van der Waals surface area (Å²) in [4.78, 5) is 12.3. The minimum absolute atomic E-state index is 0.107. The molecule has 6 heteroatoms. The van der Waals surface area contributed by atoms with Crippen LogP contribution < -0.4 is 4.90 Å². The van der Waals surface area contributed by atoms with Gasteiger partial charge in [0.2, 0.25) is 0 Å². The number of hydrogen-bond donors (Lipinski definition) is 1. The van der Waals surface area contributed by atoms with Gasteiger partial charge in [-0.05, 0) is 41.5 Å². The molecule has 1 aliphatic heterocycles. The van der Waals surface area contributed by atoms with E-state index in [0.717, 1.165) is 28.6 Å². The summed E-state index contributed by atoms with van der Waals surface area (Å²) >= 11 is 2.10. The summed E-state index contributed by atoms with van der Waals surface area (Å²) in [6.45, 7) is 1.50. The Bertz CT molecular complexity index is 439. The summed E-state index contributed by atoms with van der Waals surface area (Å²) in [7, 11) is 0. The van der Waals surface area contributed by atoms with Gasteiger partial charge in [0, 0.05) is 28.8 Å². The Balaban J connectivity index is 2.23. The van der Waals surface area contributed by atoms with Crippen molar-refractivity contribution in [2.24, 2.45) is 0 Å². The lowest BCUT2D eigenvalue weighted by molar-refractivity contribution is -0.384. The maximum absolute atomic E-state index is 10.6. The molecular weight excluding hydrogens is 335 g/mol. The van der Waals surface area contributed by atoms with Gasteiger partial charge < -0.3 is 10.0 Å². The van der Waals surface area contributed by atoms with E-state index >= 15 is 0 Å². The number of piperidine rings is 1. The van der Waals surface area contributed by atoms with Crippen LogP contribution in [0.15, 0.2) is 18.2 Å². The lowest BCUT2D eigenvalue weighted by Crippen LogP contribution is -2.38. The van der Waals surface area contributed by atoms with Crippen LogP contribution in [-0.2, 0) is 0 Å². The molecule has 1 aromatic carbocycles. The molecule has 0 amide bonds. The predicted octanol–water partition coefficient (Wildman–Crippen LogP) is 2.16. The van der Waals surface area contributed by atoms with Gasteiger partial charge in [-0.25, -0.2) is 0 Å². The maximum atomic E-state index is 10.6. The smallest absolute Gasteiger partial charge is 0.270 e. The second-order valence-electron chi connectivity index (χ2n) is 4.13. The van der Waals surface area contributed by atoms with E-state index in [4.69, 9.17) is 0 Å². The quantitative estimate of drug-likeness (QED) is 0.505. The van der Waals surface area contributed by atoms with Gasteiger partial charge in [0.25, 0.3) is 5.69 Å². The molecule has 0 radical (unpaired) electrons. The van der Waals surface area contributed by atoms with Crippen molar-refractivity contribution in [3.63, 3.8) is 0 Å². The number of halogens is 1. The Labute approximate surface area is 113 Å². The molecule has 0 spiro atoms. The molecule has 92 valence electrons. The molecule has 1 N–H and O–H groups in total. The van der Waals surface area contributed by atoms with Gasteiger partial charge in [-0.3, -0.25) is 10.1 Å². The number of β-amino-alcohol motifs (C(OH)–C–C–N with tert-alkyl or cyclic N) is 1. The minimum atomic E-state index is -0.392. The molecule has 1 unspecified atom stereocenters. The number of aliphatic hydroxyl groups excluding tert-OH is 1. The van der Waals surface area contributed by atoms with Gasteiger partial charge in [0.05, 0.1) is 16.7 Å². The minimum Gasteiger partial charge on any atom is -0.391 e. The number of nitrogens with zero attached hydrogens (tertiary/aromatic N) is 2. The standard InChI is InChI=1S/C11H13IN2O3/c12-10-6-8(14(16)17)3-4-11(10)13-5-1-2-9(15)7-13/h3-4,6,9,15H,1-2,5,7H2. The Kier molecular flexibility index (Phi) is 3.82. The zero-order chi connectivity index (χ0) is 12.4. The molecule has 1 aliphatic rings. The number of nitro groups is 1. The molecule has 1 aromatic rings. The molecule has 17 heavy (non-hydrogen) atoms. The first-order valence-corrected chi connectivity index (χ1v) is 6.53. The molecular formula is C11H13IN2O3. The van der Waals surface area contributed by atoms with E-state index in [9.17, 15) is 15.2 Å². The lowest BCUT2D eigenvalue weighted by Gasteiger charge is -2.32. The van der Waals surface area contributed by atoms with Gasteiger partial charge in [0.15, 0.2) is 0 Å². The number of aliphatic hydroxyl groups is 1. The molecule has 0 aromatic heterocycles. The van der Waals surface area contributed by atoms with Crippen LogP contribution in [0.5, 0.6) is 0 Å². The van der Waals surface area contributed by atoms with E-state index < -0.39 is 4.92 Å². The van der Waals surface area contributed by atoms with Crippen molar-refractivity contribution in [1.82, 2.24) is 0 Å². The molecule has 0 aliphatic carbocycles. The summed E-state index contributed by atoms with van der Waals surface area (Å²) in [5, 5.41) is 20.3. The molecule has 1 saturated heterocycles. The average Bonchev–Trinajstić information content (AvgIpc) is 2.28. The molecule has 0 bridgehead atoms. The van der Waals surface area contributed by atoms with Gasteiger partial charge in [0.1, 0.15) is 0 Å². The first-order valence-electron chi connectivity index (χ1n) is 5.45. The van der Waals surface area contributed by atoms with Crippen LogP contribution in [0.3, 0.4) is 0 Å². The van der Waals surface area contributed by atoms with Crippen molar-refractivity contribution < 1.29 is 10.0 Å². The van der Waals surface area contributed by atoms with Crippen LogP contribution in [0.1, 0.15) is 12.8 Å². The summed E-state index contributed by atoms with van der Waals surface area (Å²) in [6.07, 6.45) is 1.49. The van der Waals surface area contributed by atoms with Crippen molar-refractivity contribution in [1.29, 1.82) is 0 Å². The second-order valence-corrected chi connectivity index (χ2v) is 5.30. The van der Waals surface area contributed by atoms with Gasteiger partial charge in [-0.1, -0.05) is 0 Å². The third kappa shape index (κ3) is 2.86. The van der Waals surface area contributed by atoms with E-state index in [1.165, 1.54) is 6.07 Å². The Hall–Kier alpha value is -0.890. The van der Waals surface area contributed by atoms with Gasteiger partial charge in [-0.15, -0.1) is 0 Å². The highest BCUT2D eigenvalue weighted by molar-refractivity contribution is 14.1. The normalized spacial score (nSPS) is 20.4. The molecule has 0 saturated carbocycles. The average molecular weight is 348 g/mol. The largest absolute Gasteiger partial charge is 0.391 e. The Morgan fingerprint density at radius 1 is 1.53 bits per heavy atom. The number of hydrogen-bond acceptors (Lipinski definition) is 4. The number of benzene rings is 1. The van der Waals surface area contributed by atoms with E-state index in [-0.39, 0.29) is 11.8 Å². The van der Waals surface area contributed by atoms with Crippen molar-refractivity contribution in [3.05, 3.63) is 31.9 Å². The first-order chi connectivity index (χ1) is 8.08. The zero-order valence-electron chi connectivity index (χ0n) is 9.17. The van der Waals surface area contributed by atoms with E-state index in [0.29, 0.717) is 6.54 Å². The maximum Gasteiger partial charge on any atom is 0.270 e. The number of rotatable bonds is 2. The number of non-ortho nitro benzene ring substituents is 1. The fourth-order valence-electron chi connectivity index (χ4n) is 2.04. The fraction of sp³-hybridized carbons (Fsp3) is 0.455. The number of anilines is 1. The highest BCUT2D eigenvalue weighted by Crippen LogP contribution is 2.28. The zero-order valence-corrected chi connectivity index (χ0v) is 11.3. The molecule has 2 rings (SSSR count). The molecule has 5 nitrogen and oxygen atoms in total. The van der Waals surface area contributed by atoms with Crippen molar-refractivity contribution in [2.45, 2.75) is 18.9 Å². The molecule has 1 atom stereocenters. The van der Waals surface area contributed by atoms with Crippen molar-refractivity contribution >= 4 is 34.0 Å². The van der Waals surface area contributed by atoms with E-state index in [2.05, 4.69) is 27.5 Å². The van der Waals surface area contributed by atoms with Crippen LogP contribution in [0.2, 0.25) is 0 Å². The highest BCUT2D eigenvalue weighted by Gasteiger charge is 2.20. The monoisotopic (exact) mass is 348 g/mol.